The van der Waals surface area contributed by atoms with Gasteiger partial charge in [0.2, 0.25) is 0 Å². The third-order valence-electron chi connectivity index (χ3n) is 3.48. The first kappa shape index (κ1) is 16.0. The predicted octanol–water partition coefficient (Wildman–Crippen LogP) is 6.49. The van der Waals surface area contributed by atoms with Gasteiger partial charge in [-0.15, -0.1) is 10.2 Å². The smallest absolute Gasteiger partial charge is 0.183 e. The van der Waals surface area contributed by atoms with Gasteiger partial charge in [-0.05, 0) is 42.7 Å². The van der Waals surface area contributed by atoms with Crippen LogP contribution in [-0.2, 0) is 0 Å². The van der Waals surface area contributed by atoms with E-state index in [9.17, 15) is 0 Å². The standard InChI is InChI=1S/C17H16Cl2N4/c1-10(2)16-17(23-9-11(3)4-7-15(23)20-16)22-21-12-5-6-13(18)14(19)8-12/h4-10H,1-3H3. The van der Waals surface area contributed by atoms with Gasteiger partial charge >= 0.3 is 0 Å². The van der Waals surface area contributed by atoms with E-state index >= 15 is 0 Å². The second-order valence-electron chi connectivity index (χ2n) is 5.71. The molecule has 0 saturated heterocycles. The Morgan fingerprint density at radius 1 is 1.04 bits per heavy atom. The summed E-state index contributed by atoms with van der Waals surface area (Å²) in [6.07, 6.45) is 2.01. The van der Waals surface area contributed by atoms with Gasteiger partial charge in [0.25, 0.3) is 0 Å². The van der Waals surface area contributed by atoms with Gasteiger partial charge in [0, 0.05) is 6.20 Å². The maximum atomic E-state index is 6.02. The Balaban J connectivity index is 2.10. The van der Waals surface area contributed by atoms with Crippen LogP contribution in [0, 0.1) is 6.92 Å². The summed E-state index contributed by atoms with van der Waals surface area (Å²) in [6, 6.07) is 9.20. The predicted molar refractivity (Wildman–Crippen MR) is 94.7 cm³/mol. The van der Waals surface area contributed by atoms with Crippen molar-refractivity contribution in [2.24, 2.45) is 10.2 Å². The number of rotatable bonds is 3. The Hall–Kier alpha value is -1.91. The zero-order valence-corrected chi connectivity index (χ0v) is 14.6. The summed E-state index contributed by atoms with van der Waals surface area (Å²) in [7, 11) is 0. The third kappa shape index (κ3) is 3.23. The molecule has 0 spiro atoms. The Morgan fingerprint density at radius 2 is 1.83 bits per heavy atom. The minimum absolute atomic E-state index is 0.248. The minimum atomic E-state index is 0.248. The number of benzene rings is 1. The van der Waals surface area contributed by atoms with Crippen molar-refractivity contribution in [1.82, 2.24) is 9.38 Å². The van der Waals surface area contributed by atoms with E-state index in [0.29, 0.717) is 15.7 Å². The highest BCUT2D eigenvalue weighted by atomic mass is 35.5. The second kappa shape index (κ2) is 6.30. The quantitative estimate of drug-likeness (QED) is 0.499. The van der Waals surface area contributed by atoms with Crippen LogP contribution in [0.1, 0.15) is 31.0 Å². The van der Waals surface area contributed by atoms with Crippen LogP contribution in [-0.4, -0.2) is 9.38 Å². The topological polar surface area (TPSA) is 42.0 Å². The SMILES string of the molecule is Cc1ccc2nc(C(C)C)c(N=Nc3ccc(Cl)c(Cl)c3)n2c1. The number of hydrogen-bond donors (Lipinski definition) is 0. The summed E-state index contributed by atoms with van der Waals surface area (Å²) in [4.78, 5) is 4.66. The number of nitrogens with zero attached hydrogens (tertiary/aromatic N) is 4. The first-order valence-corrected chi connectivity index (χ1v) is 8.06. The number of imidazole rings is 1. The van der Waals surface area contributed by atoms with E-state index in [2.05, 4.69) is 29.1 Å². The molecule has 2 heterocycles. The van der Waals surface area contributed by atoms with Crippen molar-refractivity contribution in [3.63, 3.8) is 0 Å². The van der Waals surface area contributed by atoms with Crippen molar-refractivity contribution in [3.05, 3.63) is 57.8 Å². The fraction of sp³-hybridized carbons (Fsp3) is 0.235. The van der Waals surface area contributed by atoms with Gasteiger partial charge in [0.05, 0.1) is 21.4 Å². The van der Waals surface area contributed by atoms with Crippen LogP contribution in [0.4, 0.5) is 11.5 Å². The molecule has 23 heavy (non-hydrogen) atoms. The molecule has 0 radical (unpaired) electrons. The molecule has 3 aromatic rings. The van der Waals surface area contributed by atoms with Crippen LogP contribution in [0.2, 0.25) is 10.0 Å². The van der Waals surface area contributed by atoms with Gasteiger partial charge in [0.15, 0.2) is 5.82 Å². The van der Waals surface area contributed by atoms with Crippen molar-refractivity contribution in [3.8, 4) is 0 Å². The lowest BCUT2D eigenvalue weighted by Crippen LogP contribution is -1.88. The average Bonchev–Trinajstić information content (AvgIpc) is 2.86. The summed E-state index contributed by atoms with van der Waals surface area (Å²) in [5.74, 6) is 0.989. The van der Waals surface area contributed by atoms with E-state index in [1.54, 1.807) is 18.2 Å². The van der Waals surface area contributed by atoms with Crippen LogP contribution in [0.25, 0.3) is 5.65 Å². The molecule has 0 amide bonds. The molecular formula is C17H16Cl2N4. The van der Waals surface area contributed by atoms with Crippen LogP contribution < -0.4 is 0 Å². The lowest BCUT2D eigenvalue weighted by molar-refractivity contribution is 0.831. The summed E-state index contributed by atoms with van der Waals surface area (Å²) in [5.41, 5.74) is 3.56. The summed E-state index contributed by atoms with van der Waals surface area (Å²) in [5, 5.41) is 9.67. The average molecular weight is 347 g/mol. The van der Waals surface area contributed by atoms with E-state index in [0.717, 1.165) is 22.7 Å². The zero-order valence-electron chi connectivity index (χ0n) is 13.1. The molecule has 0 aliphatic rings. The van der Waals surface area contributed by atoms with Gasteiger partial charge in [-0.2, -0.15) is 0 Å². The van der Waals surface area contributed by atoms with Crippen molar-refractivity contribution in [2.45, 2.75) is 26.7 Å². The summed E-state index contributed by atoms with van der Waals surface area (Å²) >= 11 is 11.9. The van der Waals surface area contributed by atoms with Crippen molar-refractivity contribution in [1.29, 1.82) is 0 Å². The fourth-order valence-corrected chi connectivity index (χ4v) is 2.59. The Labute approximate surface area is 144 Å². The number of fused-ring (bicyclic) bond motifs is 1. The molecule has 1 aromatic carbocycles. The molecule has 0 saturated carbocycles. The van der Waals surface area contributed by atoms with Crippen LogP contribution in [0.3, 0.4) is 0 Å². The molecule has 0 aliphatic carbocycles. The molecule has 6 heteroatoms. The highest BCUT2D eigenvalue weighted by Crippen LogP contribution is 2.31. The van der Waals surface area contributed by atoms with Crippen molar-refractivity contribution < 1.29 is 0 Å². The molecule has 0 unspecified atom stereocenters. The highest BCUT2D eigenvalue weighted by molar-refractivity contribution is 6.42. The number of halogens is 2. The largest absolute Gasteiger partial charge is 0.283 e. The molecule has 0 atom stereocenters. The number of aromatic nitrogens is 2. The minimum Gasteiger partial charge on any atom is -0.283 e. The number of pyridine rings is 1. The molecule has 0 fully saturated rings. The number of azo groups is 1. The van der Waals surface area contributed by atoms with E-state index in [4.69, 9.17) is 23.2 Å². The van der Waals surface area contributed by atoms with E-state index in [1.807, 2.05) is 29.7 Å². The van der Waals surface area contributed by atoms with E-state index in [1.165, 1.54) is 0 Å². The molecule has 0 N–H and O–H groups in total. The number of aryl methyl sites for hydroxylation is 1. The molecule has 0 aliphatic heterocycles. The first-order valence-electron chi connectivity index (χ1n) is 7.31. The van der Waals surface area contributed by atoms with Gasteiger partial charge in [-0.25, -0.2) is 4.98 Å². The molecule has 0 bridgehead atoms. The lowest BCUT2D eigenvalue weighted by Gasteiger charge is -2.02. The van der Waals surface area contributed by atoms with E-state index in [-0.39, 0.29) is 5.92 Å². The molecule has 2 aromatic heterocycles. The van der Waals surface area contributed by atoms with E-state index < -0.39 is 0 Å². The van der Waals surface area contributed by atoms with Crippen molar-refractivity contribution >= 4 is 40.4 Å². The zero-order chi connectivity index (χ0) is 16.6. The number of hydrogen-bond acceptors (Lipinski definition) is 3. The Morgan fingerprint density at radius 3 is 2.52 bits per heavy atom. The second-order valence-corrected chi connectivity index (χ2v) is 6.52. The lowest BCUT2D eigenvalue weighted by atomic mass is 10.1. The van der Waals surface area contributed by atoms with Gasteiger partial charge < -0.3 is 0 Å². The van der Waals surface area contributed by atoms with Gasteiger partial charge in [-0.3, -0.25) is 4.40 Å². The van der Waals surface area contributed by atoms with Gasteiger partial charge in [-0.1, -0.05) is 43.1 Å². The first-order chi connectivity index (χ1) is 11.0. The monoisotopic (exact) mass is 346 g/mol. The third-order valence-corrected chi connectivity index (χ3v) is 4.22. The summed E-state index contributed by atoms with van der Waals surface area (Å²) < 4.78 is 1.96. The van der Waals surface area contributed by atoms with Crippen LogP contribution in [0.5, 0.6) is 0 Å². The molecule has 118 valence electrons. The molecular weight excluding hydrogens is 331 g/mol. The maximum Gasteiger partial charge on any atom is 0.183 e. The van der Waals surface area contributed by atoms with Crippen LogP contribution in [0.15, 0.2) is 46.8 Å². The van der Waals surface area contributed by atoms with Crippen LogP contribution >= 0.6 is 23.2 Å². The fourth-order valence-electron chi connectivity index (χ4n) is 2.30. The van der Waals surface area contributed by atoms with Crippen molar-refractivity contribution in [2.75, 3.05) is 0 Å². The highest BCUT2D eigenvalue weighted by Gasteiger charge is 2.15. The normalized spacial score (nSPS) is 11.9. The summed E-state index contributed by atoms with van der Waals surface area (Å²) in [6.45, 7) is 6.22. The molecule has 4 nitrogen and oxygen atoms in total. The Bertz CT molecular complexity index is 897. The molecule has 3 rings (SSSR count). The van der Waals surface area contributed by atoms with Gasteiger partial charge in [0.1, 0.15) is 5.65 Å². The Kier molecular flexibility index (Phi) is 4.37. The maximum absolute atomic E-state index is 6.02.